The van der Waals surface area contributed by atoms with Gasteiger partial charge in [-0.15, -0.1) is 0 Å². The zero-order chi connectivity index (χ0) is 14.7. The molecule has 0 fully saturated rings. The maximum absolute atomic E-state index is 12.3. The van der Waals surface area contributed by atoms with Crippen molar-refractivity contribution in [3.63, 3.8) is 0 Å². The number of amides is 1. The molecule has 0 unspecified atom stereocenters. The number of H-pyrrole nitrogens is 1. The topological polar surface area (TPSA) is 45.3 Å². The van der Waals surface area contributed by atoms with Gasteiger partial charge in [0.25, 0.3) is 5.91 Å². The number of hydrogen-bond donors (Lipinski definition) is 1. The van der Waals surface area contributed by atoms with Crippen molar-refractivity contribution in [1.82, 2.24) is 10.0 Å². The van der Waals surface area contributed by atoms with Crippen molar-refractivity contribution in [1.29, 1.82) is 0 Å². The Balaban J connectivity index is 1.69. The van der Waals surface area contributed by atoms with Gasteiger partial charge in [-0.25, -0.2) is 5.06 Å². The fourth-order valence-corrected chi connectivity index (χ4v) is 2.16. The summed E-state index contributed by atoms with van der Waals surface area (Å²) in [6.45, 7) is 0.364. The smallest absolute Gasteiger partial charge is 0.293 e. The van der Waals surface area contributed by atoms with Crippen molar-refractivity contribution in [2.75, 3.05) is 7.05 Å². The first-order chi connectivity index (χ1) is 10.2. The van der Waals surface area contributed by atoms with Crippen LogP contribution in [0.3, 0.4) is 0 Å². The van der Waals surface area contributed by atoms with E-state index in [1.54, 1.807) is 7.05 Å². The van der Waals surface area contributed by atoms with Crippen molar-refractivity contribution in [3.8, 4) is 0 Å². The number of hydrogen-bond acceptors (Lipinski definition) is 2. The van der Waals surface area contributed by atoms with E-state index in [1.165, 1.54) is 5.06 Å². The van der Waals surface area contributed by atoms with Gasteiger partial charge in [0.2, 0.25) is 0 Å². The minimum Gasteiger partial charge on any atom is -0.350 e. The molecule has 21 heavy (non-hydrogen) atoms. The molecule has 0 spiro atoms. The van der Waals surface area contributed by atoms with Crippen LogP contribution in [-0.4, -0.2) is 23.0 Å². The highest BCUT2D eigenvalue weighted by Crippen LogP contribution is 2.16. The first-order valence-electron chi connectivity index (χ1n) is 6.77. The summed E-state index contributed by atoms with van der Waals surface area (Å²) in [6, 6.07) is 19.4. The number of fused-ring (bicyclic) bond motifs is 1. The van der Waals surface area contributed by atoms with Gasteiger partial charge in [0.1, 0.15) is 12.3 Å². The van der Waals surface area contributed by atoms with Gasteiger partial charge in [0, 0.05) is 18.0 Å². The first kappa shape index (κ1) is 13.4. The molecule has 1 amide bonds. The monoisotopic (exact) mass is 280 g/mol. The second kappa shape index (κ2) is 5.81. The molecule has 1 aromatic heterocycles. The zero-order valence-electron chi connectivity index (χ0n) is 11.7. The second-order valence-corrected chi connectivity index (χ2v) is 4.83. The van der Waals surface area contributed by atoms with Gasteiger partial charge in [-0.3, -0.25) is 9.63 Å². The largest absolute Gasteiger partial charge is 0.350 e. The summed E-state index contributed by atoms with van der Waals surface area (Å²) in [5, 5.41) is 2.27. The molecule has 0 saturated heterocycles. The van der Waals surface area contributed by atoms with Crippen LogP contribution in [0.1, 0.15) is 16.1 Å². The summed E-state index contributed by atoms with van der Waals surface area (Å²) in [6.07, 6.45) is 0. The Kier molecular flexibility index (Phi) is 3.71. The number of rotatable bonds is 4. The van der Waals surface area contributed by atoms with Crippen LogP contribution >= 0.6 is 0 Å². The van der Waals surface area contributed by atoms with E-state index in [9.17, 15) is 4.79 Å². The van der Waals surface area contributed by atoms with Gasteiger partial charge in [0.05, 0.1) is 0 Å². The minimum atomic E-state index is -0.192. The summed E-state index contributed by atoms with van der Waals surface area (Å²) in [5.41, 5.74) is 2.48. The molecule has 1 heterocycles. The lowest BCUT2D eigenvalue weighted by atomic mass is 10.2. The number of carbonyl (C=O) groups is 1. The highest BCUT2D eigenvalue weighted by molar-refractivity contribution is 5.97. The van der Waals surface area contributed by atoms with Gasteiger partial charge >= 0.3 is 0 Å². The van der Waals surface area contributed by atoms with Crippen LogP contribution in [0.4, 0.5) is 0 Å². The van der Waals surface area contributed by atoms with Crippen LogP contribution in [0.2, 0.25) is 0 Å². The van der Waals surface area contributed by atoms with Crippen molar-refractivity contribution in [2.24, 2.45) is 0 Å². The van der Waals surface area contributed by atoms with Crippen molar-refractivity contribution in [2.45, 2.75) is 6.61 Å². The number of nitrogens with one attached hydrogen (secondary N) is 1. The third-order valence-electron chi connectivity index (χ3n) is 3.31. The van der Waals surface area contributed by atoms with Crippen LogP contribution in [0.25, 0.3) is 10.9 Å². The molecule has 2 aromatic carbocycles. The van der Waals surface area contributed by atoms with Crippen LogP contribution in [0.5, 0.6) is 0 Å². The summed E-state index contributed by atoms with van der Waals surface area (Å²) >= 11 is 0. The number of aromatic amines is 1. The van der Waals surface area contributed by atoms with E-state index < -0.39 is 0 Å². The predicted octanol–water partition coefficient (Wildman–Crippen LogP) is 3.37. The third kappa shape index (κ3) is 2.95. The number of hydroxylamine groups is 2. The molecular weight excluding hydrogens is 264 g/mol. The lowest BCUT2D eigenvalue weighted by Crippen LogP contribution is -2.27. The van der Waals surface area contributed by atoms with E-state index in [0.29, 0.717) is 12.3 Å². The predicted molar refractivity (Wildman–Crippen MR) is 81.6 cm³/mol. The number of para-hydroxylation sites is 1. The molecule has 106 valence electrons. The molecule has 4 nitrogen and oxygen atoms in total. The highest BCUT2D eigenvalue weighted by atomic mass is 16.7. The van der Waals surface area contributed by atoms with Crippen LogP contribution in [0, 0.1) is 0 Å². The zero-order valence-corrected chi connectivity index (χ0v) is 11.7. The number of nitrogens with zero attached hydrogens (tertiary/aromatic N) is 1. The van der Waals surface area contributed by atoms with E-state index in [2.05, 4.69) is 4.98 Å². The second-order valence-electron chi connectivity index (χ2n) is 4.83. The molecule has 0 aliphatic rings. The fraction of sp³-hybridized carbons (Fsp3) is 0.118. The molecule has 3 rings (SSSR count). The first-order valence-corrected chi connectivity index (χ1v) is 6.77. The van der Waals surface area contributed by atoms with Gasteiger partial charge in [-0.1, -0.05) is 48.5 Å². The maximum Gasteiger partial charge on any atom is 0.293 e. The molecule has 0 bridgehead atoms. The van der Waals surface area contributed by atoms with Crippen molar-refractivity contribution in [3.05, 3.63) is 71.9 Å². The van der Waals surface area contributed by atoms with Crippen LogP contribution < -0.4 is 0 Å². The summed E-state index contributed by atoms with van der Waals surface area (Å²) in [4.78, 5) is 20.9. The quantitative estimate of drug-likeness (QED) is 0.745. The molecular formula is C17H16N2O2. The van der Waals surface area contributed by atoms with E-state index in [4.69, 9.17) is 4.84 Å². The van der Waals surface area contributed by atoms with E-state index >= 15 is 0 Å². The van der Waals surface area contributed by atoms with Gasteiger partial charge < -0.3 is 4.98 Å². The average Bonchev–Trinajstić information content (AvgIpc) is 2.97. The fourth-order valence-electron chi connectivity index (χ4n) is 2.16. The Bertz CT molecular complexity index is 717. The summed E-state index contributed by atoms with van der Waals surface area (Å²) in [7, 11) is 1.62. The molecule has 0 atom stereocenters. The Hall–Kier alpha value is -2.59. The molecule has 3 aromatic rings. The van der Waals surface area contributed by atoms with E-state index in [1.807, 2.05) is 60.7 Å². The maximum atomic E-state index is 12.3. The minimum absolute atomic E-state index is 0.192. The standard InChI is InChI=1S/C17H16N2O2/c1-19(21-12-13-7-3-2-4-8-13)17(20)16-11-14-9-5-6-10-15(14)18-16/h2-11,18H,12H2,1H3. The van der Waals surface area contributed by atoms with Gasteiger partial charge in [-0.05, 0) is 17.7 Å². The van der Waals surface area contributed by atoms with Gasteiger partial charge in [0.15, 0.2) is 0 Å². The molecule has 0 saturated carbocycles. The summed E-state index contributed by atoms with van der Waals surface area (Å²) in [5.74, 6) is -0.192. The molecule has 0 radical (unpaired) electrons. The summed E-state index contributed by atoms with van der Waals surface area (Å²) < 4.78 is 0. The van der Waals surface area contributed by atoms with Crippen molar-refractivity contribution >= 4 is 16.8 Å². The normalized spacial score (nSPS) is 10.7. The lowest BCUT2D eigenvalue weighted by molar-refractivity contribution is -0.116. The SMILES string of the molecule is CN(OCc1ccccc1)C(=O)c1cc2ccccc2[nH]1. The molecule has 4 heteroatoms. The number of carbonyl (C=O) groups excluding carboxylic acids is 1. The third-order valence-corrected chi connectivity index (χ3v) is 3.31. The van der Waals surface area contributed by atoms with Crippen LogP contribution in [0.15, 0.2) is 60.7 Å². The molecule has 1 N–H and O–H groups in total. The van der Waals surface area contributed by atoms with Crippen molar-refractivity contribution < 1.29 is 9.63 Å². The Morgan fingerprint density at radius 2 is 1.81 bits per heavy atom. The van der Waals surface area contributed by atoms with E-state index in [0.717, 1.165) is 16.5 Å². The average molecular weight is 280 g/mol. The number of benzene rings is 2. The lowest BCUT2D eigenvalue weighted by Gasteiger charge is -2.15. The van der Waals surface area contributed by atoms with E-state index in [-0.39, 0.29) is 5.91 Å². The molecule has 0 aliphatic heterocycles. The Morgan fingerprint density at radius 3 is 2.57 bits per heavy atom. The molecule has 0 aliphatic carbocycles. The van der Waals surface area contributed by atoms with Crippen LogP contribution in [-0.2, 0) is 11.4 Å². The van der Waals surface area contributed by atoms with Gasteiger partial charge in [-0.2, -0.15) is 0 Å². The highest BCUT2D eigenvalue weighted by Gasteiger charge is 2.15. The Labute approximate surface area is 122 Å². The number of aromatic nitrogens is 1. The Morgan fingerprint density at radius 1 is 1.10 bits per heavy atom.